The van der Waals surface area contributed by atoms with E-state index in [1.807, 2.05) is 6.20 Å². The van der Waals surface area contributed by atoms with Gasteiger partial charge in [0.2, 0.25) is 0 Å². The third-order valence-corrected chi connectivity index (χ3v) is 5.46. The van der Waals surface area contributed by atoms with E-state index in [4.69, 9.17) is 0 Å². The Hall–Kier alpha value is -0.830. The molecule has 0 amide bonds. The summed E-state index contributed by atoms with van der Waals surface area (Å²) in [4.78, 5) is 0. The molecule has 4 rings (SSSR count). The molecular weight excluding hydrogens is 222 g/mol. The molecule has 3 aliphatic rings. The second kappa shape index (κ2) is 3.83. The van der Waals surface area contributed by atoms with Gasteiger partial charge < -0.3 is 5.32 Å². The van der Waals surface area contributed by atoms with E-state index in [9.17, 15) is 0 Å². The van der Waals surface area contributed by atoms with Crippen molar-refractivity contribution in [2.45, 2.75) is 51.7 Å². The first kappa shape index (κ1) is 11.0. The van der Waals surface area contributed by atoms with Crippen LogP contribution in [0.4, 0.5) is 0 Å². The molecule has 0 aromatic carbocycles. The lowest BCUT2D eigenvalue weighted by Gasteiger charge is -2.09. The van der Waals surface area contributed by atoms with E-state index in [1.54, 1.807) is 6.42 Å². The Morgan fingerprint density at radius 1 is 1.33 bits per heavy atom. The van der Waals surface area contributed by atoms with E-state index in [-0.39, 0.29) is 0 Å². The van der Waals surface area contributed by atoms with Crippen molar-refractivity contribution >= 4 is 0 Å². The van der Waals surface area contributed by atoms with Crippen molar-refractivity contribution in [2.24, 2.45) is 23.7 Å². The number of nitrogens with zero attached hydrogens (tertiary/aromatic N) is 2. The summed E-state index contributed by atoms with van der Waals surface area (Å²) < 4.78 is 2.05. The summed E-state index contributed by atoms with van der Waals surface area (Å²) in [6.07, 6.45) is 8.76. The molecule has 98 valence electrons. The standard InChI is InChI=1S/C15H23N3/c1-9(2)18-8-10(7-17-18)6-16-15-13-11-3-4-12(5-11)14(13)15/h7-9,11-16H,3-6H2,1-2H3. The van der Waals surface area contributed by atoms with E-state index < -0.39 is 0 Å². The molecule has 0 spiro atoms. The number of aromatic nitrogens is 2. The molecule has 3 nitrogen and oxygen atoms in total. The summed E-state index contributed by atoms with van der Waals surface area (Å²) >= 11 is 0. The summed E-state index contributed by atoms with van der Waals surface area (Å²) in [7, 11) is 0. The van der Waals surface area contributed by atoms with Crippen LogP contribution in [-0.4, -0.2) is 15.8 Å². The Labute approximate surface area is 109 Å². The largest absolute Gasteiger partial charge is 0.309 e. The van der Waals surface area contributed by atoms with Crippen molar-refractivity contribution < 1.29 is 0 Å². The summed E-state index contributed by atoms with van der Waals surface area (Å²) in [5.74, 6) is 4.19. The third kappa shape index (κ3) is 1.56. The summed E-state index contributed by atoms with van der Waals surface area (Å²) in [5.41, 5.74) is 1.33. The van der Waals surface area contributed by atoms with Gasteiger partial charge in [-0.05, 0) is 56.8 Å². The van der Waals surface area contributed by atoms with Gasteiger partial charge in [-0.2, -0.15) is 5.10 Å². The first-order valence-corrected chi connectivity index (χ1v) is 7.50. The highest BCUT2D eigenvalue weighted by Gasteiger charge is 2.64. The SMILES string of the molecule is CC(C)n1cc(CNC2C3C4CCC(C4)C23)cn1. The molecule has 3 fully saturated rings. The number of hydrogen-bond donors (Lipinski definition) is 1. The van der Waals surface area contributed by atoms with Crippen molar-refractivity contribution in [1.29, 1.82) is 0 Å². The second-order valence-corrected chi connectivity index (χ2v) is 6.82. The van der Waals surface area contributed by atoms with Gasteiger partial charge in [-0.25, -0.2) is 0 Å². The molecule has 3 aliphatic carbocycles. The smallest absolute Gasteiger partial charge is 0.0534 e. The Kier molecular flexibility index (Phi) is 2.35. The predicted octanol–water partition coefficient (Wildman–Crippen LogP) is 2.60. The van der Waals surface area contributed by atoms with Crippen molar-refractivity contribution in [2.75, 3.05) is 0 Å². The van der Waals surface area contributed by atoms with Gasteiger partial charge in [0.25, 0.3) is 0 Å². The van der Waals surface area contributed by atoms with Gasteiger partial charge in [0.15, 0.2) is 0 Å². The fourth-order valence-corrected chi connectivity index (χ4v) is 4.58. The molecule has 1 heterocycles. The van der Waals surface area contributed by atoms with Crippen LogP contribution in [0.3, 0.4) is 0 Å². The van der Waals surface area contributed by atoms with E-state index in [2.05, 4.69) is 35.1 Å². The molecule has 2 bridgehead atoms. The van der Waals surface area contributed by atoms with Crippen LogP contribution in [0.1, 0.15) is 44.7 Å². The monoisotopic (exact) mass is 245 g/mol. The lowest BCUT2D eigenvalue weighted by molar-refractivity contribution is 0.456. The van der Waals surface area contributed by atoms with Gasteiger partial charge in [-0.3, -0.25) is 4.68 Å². The fourth-order valence-electron chi connectivity index (χ4n) is 4.58. The minimum absolute atomic E-state index is 0.467. The van der Waals surface area contributed by atoms with Crippen LogP contribution in [0.15, 0.2) is 12.4 Å². The van der Waals surface area contributed by atoms with Crippen molar-refractivity contribution in [3.8, 4) is 0 Å². The molecule has 1 N–H and O–H groups in total. The zero-order valence-corrected chi connectivity index (χ0v) is 11.3. The Balaban J connectivity index is 1.34. The molecule has 0 radical (unpaired) electrons. The van der Waals surface area contributed by atoms with Crippen molar-refractivity contribution in [3.63, 3.8) is 0 Å². The van der Waals surface area contributed by atoms with Gasteiger partial charge in [0, 0.05) is 30.4 Å². The van der Waals surface area contributed by atoms with Gasteiger partial charge >= 0.3 is 0 Å². The first-order valence-electron chi connectivity index (χ1n) is 7.50. The highest BCUT2D eigenvalue weighted by atomic mass is 15.3. The number of fused-ring (bicyclic) bond motifs is 5. The average molecular weight is 245 g/mol. The van der Waals surface area contributed by atoms with E-state index in [0.29, 0.717) is 6.04 Å². The summed E-state index contributed by atoms with van der Waals surface area (Å²) in [6, 6.07) is 1.30. The fraction of sp³-hybridized carbons (Fsp3) is 0.800. The van der Waals surface area contributed by atoms with Crippen molar-refractivity contribution in [1.82, 2.24) is 15.1 Å². The van der Waals surface area contributed by atoms with Crippen LogP contribution in [-0.2, 0) is 6.54 Å². The zero-order chi connectivity index (χ0) is 12.3. The normalized spacial score (nSPS) is 40.5. The summed E-state index contributed by atoms with van der Waals surface area (Å²) in [5, 5.41) is 8.18. The van der Waals surface area contributed by atoms with Crippen LogP contribution in [0, 0.1) is 23.7 Å². The Bertz CT molecular complexity index is 434. The second-order valence-electron chi connectivity index (χ2n) is 6.82. The lowest BCUT2D eigenvalue weighted by Crippen LogP contribution is -2.22. The maximum Gasteiger partial charge on any atom is 0.0534 e. The topological polar surface area (TPSA) is 29.9 Å². The maximum absolute atomic E-state index is 4.41. The molecule has 0 saturated heterocycles. The van der Waals surface area contributed by atoms with E-state index >= 15 is 0 Å². The molecule has 4 atom stereocenters. The van der Waals surface area contributed by atoms with Gasteiger partial charge in [-0.1, -0.05) is 0 Å². The number of rotatable bonds is 4. The number of nitrogens with one attached hydrogen (secondary N) is 1. The van der Waals surface area contributed by atoms with Crippen LogP contribution < -0.4 is 5.32 Å². The molecule has 3 saturated carbocycles. The van der Waals surface area contributed by atoms with Gasteiger partial charge in [0.05, 0.1) is 6.20 Å². The van der Waals surface area contributed by atoms with Gasteiger partial charge in [0.1, 0.15) is 0 Å². The molecule has 1 aromatic rings. The van der Waals surface area contributed by atoms with E-state index in [1.165, 1.54) is 18.4 Å². The van der Waals surface area contributed by atoms with Crippen molar-refractivity contribution in [3.05, 3.63) is 18.0 Å². The predicted molar refractivity (Wildman–Crippen MR) is 71.1 cm³/mol. The summed E-state index contributed by atoms with van der Waals surface area (Å²) in [6.45, 7) is 5.35. The highest BCUT2D eigenvalue weighted by Crippen LogP contribution is 2.65. The zero-order valence-electron chi connectivity index (χ0n) is 11.3. The van der Waals surface area contributed by atoms with Gasteiger partial charge in [-0.15, -0.1) is 0 Å². The lowest BCUT2D eigenvalue weighted by atomic mass is 10.0. The minimum Gasteiger partial charge on any atom is -0.309 e. The van der Waals surface area contributed by atoms with Crippen LogP contribution in [0.25, 0.3) is 0 Å². The minimum atomic E-state index is 0.467. The Morgan fingerprint density at radius 3 is 2.67 bits per heavy atom. The molecule has 1 aromatic heterocycles. The van der Waals surface area contributed by atoms with Crippen LogP contribution >= 0.6 is 0 Å². The van der Waals surface area contributed by atoms with E-state index in [0.717, 1.165) is 36.3 Å². The van der Waals surface area contributed by atoms with Crippen LogP contribution in [0.5, 0.6) is 0 Å². The number of hydrogen-bond acceptors (Lipinski definition) is 2. The molecule has 4 unspecified atom stereocenters. The van der Waals surface area contributed by atoms with Crippen LogP contribution in [0.2, 0.25) is 0 Å². The highest BCUT2D eigenvalue weighted by molar-refractivity contribution is 5.17. The Morgan fingerprint density at radius 2 is 2.06 bits per heavy atom. The maximum atomic E-state index is 4.41. The first-order chi connectivity index (χ1) is 8.74. The molecular formula is C15H23N3. The molecule has 0 aliphatic heterocycles. The average Bonchev–Trinajstić information content (AvgIpc) is 2.81. The third-order valence-electron chi connectivity index (χ3n) is 5.46. The molecule has 18 heavy (non-hydrogen) atoms. The molecule has 3 heteroatoms. The quantitative estimate of drug-likeness (QED) is 0.883.